The van der Waals surface area contributed by atoms with Crippen LogP contribution in [-0.2, 0) is 6.54 Å². The summed E-state index contributed by atoms with van der Waals surface area (Å²) in [5.74, 6) is 1.46. The number of para-hydroxylation sites is 1. The highest BCUT2D eigenvalue weighted by Crippen LogP contribution is 2.34. The van der Waals surface area contributed by atoms with E-state index >= 15 is 0 Å². The van der Waals surface area contributed by atoms with Crippen LogP contribution in [0.15, 0.2) is 54.7 Å². The molecule has 2 aromatic heterocycles. The van der Waals surface area contributed by atoms with Crippen molar-refractivity contribution in [2.45, 2.75) is 20.4 Å². The molecule has 4 rings (SSSR count). The number of anilines is 3. The molecule has 0 unspecified atom stereocenters. The van der Waals surface area contributed by atoms with Gasteiger partial charge < -0.3 is 15.2 Å². The molecule has 0 spiro atoms. The number of hydrogen-bond acceptors (Lipinski definition) is 8. The number of aromatic nitrogens is 3. The summed E-state index contributed by atoms with van der Waals surface area (Å²) in [6.45, 7) is 3.84. The first-order valence-corrected chi connectivity index (χ1v) is 11.5. The fourth-order valence-corrected chi connectivity index (χ4v) is 4.43. The Morgan fingerprint density at radius 3 is 2.62 bits per heavy atom. The molecule has 34 heavy (non-hydrogen) atoms. The van der Waals surface area contributed by atoms with Crippen molar-refractivity contribution in [1.29, 1.82) is 0 Å². The Hall–Kier alpha value is -3.69. The number of nitrogens with zero attached hydrogens (tertiary/aromatic N) is 4. The zero-order chi connectivity index (χ0) is 24.2. The second-order valence-electron chi connectivity index (χ2n) is 7.46. The maximum absolute atomic E-state index is 13.6. The second kappa shape index (κ2) is 10.1. The highest BCUT2D eigenvalue weighted by atomic mass is 35.5. The van der Waals surface area contributed by atoms with Gasteiger partial charge in [0.2, 0.25) is 0 Å². The van der Waals surface area contributed by atoms with Crippen molar-refractivity contribution in [2.24, 2.45) is 0 Å². The van der Waals surface area contributed by atoms with Crippen molar-refractivity contribution < 1.29 is 14.6 Å². The third-order valence-electron chi connectivity index (χ3n) is 4.99. The standard InChI is InChI=1S/C24H22ClN5O3S/c1-14-5-4-6-18(31)22(14)30(13-16-7-9-17(33-3)10-8-16)23(32)19-12-26-24(34-19)29-21-11-20(25)27-15(2)28-21/h4-12,31H,13H2,1-3H3,(H,26,27,28,29). The van der Waals surface area contributed by atoms with Crippen LogP contribution >= 0.6 is 22.9 Å². The van der Waals surface area contributed by atoms with Crippen molar-refractivity contribution >= 4 is 45.5 Å². The van der Waals surface area contributed by atoms with E-state index in [1.165, 1.54) is 17.5 Å². The van der Waals surface area contributed by atoms with Gasteiger partial charge in [0.15, 0.2) is 5.13 Å². The number of benzene rings is 2. The van der Waals surface area contributed by atoms with E-state index in [9.17, 15) is 9.90 Å². The number of nitrogens with one attached hydrogen (secondary N) is 1. The van der Waals surface area contributed by atoms with Gasteiger partial charge in [0.25, 0.3) is 5.91 Å². The van der Waals surface area contributed by atoms with E-state index in [0.717, 1.165) is 16.9 Å². The number of rotatable bonds is 7. The number of thiazole rings is 1. The summed E-state index contributed by atoms with van der Waals surface area (Å²) >= 11 is 7.19. The number of phenols is 1. The SMILES string of the molecule is COc1ccc(CN(C(=O)c2cnc(Nc3cc(Cl)nc(C)n3)s2)c2c(C)cccc2O)cc1. The quantitative estimate of drug-likeness (QED) is 0.326. The lowest BCUT2D eigenvalue weighted by Gasteiger charge is -2.25. The highest BCUT2D eigenvalue weighted by Gasteiger charge is 2.24. The summed E-state index contributed by atoms with van der Waals surface area (Å²) in [6.07, 6.45) is 1.50. The molecule has 2 N–H and O–H groups in total. The lowest BCUT2D eigenvalue weighted by molar-refractivity contribution is 0.0988. The average molecular weight is 496 g/mol. The fraction of sp³-hybridized carbons (Fsp3) is 0.167. The predicted molar refractivity (Wildman–Crippen MR) is 134 cm³/mol. The van der Waals surface area contributed by atoms with Crippen LogP contribution in [0.3, 0.4) is 0 Å². The number of halogens is 1. The number of carbonyl (C=O) groups excluding carboxylic acids is 1. The number of methoxy groups -OCH3 is 1. The first-order chi connectivity index (χ1) is 16.3. The summed E-state index contributed by atoms with van der Waals surface area (Å²) in [4.78, 5) is 28.2. The molecule has 8 nitrogen and oxygen atoms in total. The second-order valence-corrected chi connectivity index (χ2v) is 8.88. The molecule has 0 bridgehead atoms. The lowest BCUT2D eigenvalue weighted by atomic mass is 10.1. The van der Waals surface area contributed by atoms with E-state index in [0.29, 0.717) is 32.5 Å². The first-order valence-electron chi connectivity index (χ1n) is 10.3. The Kier molecular flexibility index (Phi) is 6.95. The van der Waals surface area contributed by atoms with Gasteiger partial charge in [-0.1, -0.05) is 47.2 Å². The normalized spacial score (nSPS) is 10.7. The van der Waals surface area contributed by atoms with Gasteiger partial charge in [0, 0.05) is 6.07 Å². The van der Waals surface area contributed by atoms with Gasteiger partial charge in [-0.15, -0.1) is 0 Å². The number of aromatic hydroxyl groups is 1. The van der Waals surface area contributed by atoms with Crippen LogP contribution in [0.25, 0.3) is 0 Å². The van der Waals surface area contributed by atoms with E-state index in [1.54, 1.807) is 37.1 Å². The zero-order valence-electron chi connectivity index (χ0n) is 18.7. The van der Waals surface area contributed by atoms with Crippen LogP contribution in [0.4, 0.5) is 16.6 Å². The Balaban J connectivity index is 1.65. The summed E-state index contributed by atoms with van der Waals surface area (Å²) in [6, 6.07) is 14.2. The van der Waals surface area contributed by atoms with Crippen LogP contribution < -0.4 is 15.0 Å². The Morgan fingerprint density at radius 1 is 1.18 bits per heavy atom. The molecule has 4 aromatic rings. The summed E-state index contributed by atoms with van der Waals surface area (Å²) in [5, 5.41) is 14.5. The molecule has 0 atom stereocenters. The molecule has 2 aromatic carbocycles. The molecule has 10 heteroatoms. The first kappa shape index (κ1) is 23.5. The monoisotopic (exact) mass is 495 g/mol. The third-order valence-corrected chi connectivity index (χ3v) is 6.08. The number of ether oxygens (including phenoxy) is 1. The summed E-state index contributed by atoms with van der Waals surface area (Å²) in [7, 11) is 1.60. The number of phenolic OH excluding ortho intramolecular Hbond substituents is 1. The van der Waals surface area contributed by atoms with Gasteiger partial charge in [-0.3, -0.25) is 9.69 Å². The van der Waals surface area contributed by atoms with Gasteiger partial charge in [-0.25, -0.2) is 15.0 Å². The van der Waals surface area contributed by atoms with Gasteiger partial charge in [-0.05, 0) is 43.2 Å². The molecule has 0 aliphatic rings. The van der Waals surface area contributed by atoms with Gasteiger partial charge >= 0.3 is 0 Å². The maximum atomic E-state index is 13.6. The summed E-state index contributed by atoms with van der Waals surface area (Å²) in [5.41, 5.74) is 2.10. The van der Waals surface area contributed by atoms with Crippen LogP contribution in [0.2, 0.25) is 5.15 Å². The van der Waals surface area contributed by atoms with Crippen LogP contribution in [0.5, 0.6) is 11.5 Å². The Bertz CT molecular complexity index is 1290. The molecular weight excluding hydrogens is 474 g/mol. The Labute approximate surface area is 205 Å². The number of carbonyl (C=O) groups is 1. The van der Waals surface area contributed by atoms with Crippen LogP contribution in [0.1, 0.15) is 26.6 Å². The molecule has 0 aliphatic carbocycles. The zero-order valence-corrected chi connectivity index (χ0v) is 20.3. The van der Waals surface area contributed by atoms with Gasteiger partial charge in [0.1, 0.15) is 33.2 Å². The minimum atomic E-state index is -0.289. The van der Waals surface area contributed by atoms with Crippen molar-refractivity contribution in [3.8, 4) is 11.5 Å². The number of amides is 1. The minimum absolute atomic E-state index is 0.0239. The lowest BCUT2D eigenvalue weighted by Crippen LogP contribution is -2.30. The number of hydrogen-bond donors (Lipinski definition) is 2. The molecule has 2 heterocycles. The van der Waals surface area contributed by atoms with Crippen molar-refractivity contribution in [2.75, 3.05) is 17.3 Å². The predicted octanol–water partition coefficient (Wildman–Crippen LogP) is 5.51. The molecular formula is C24H22ClN5O3S. The van der Waals surface area contributed by atoms with Crippen LogP contribution in [-0.4, -0.2) is 33.1 Å². The molecule has 1 amide bonds. The van der Waals surface area contributed by atoms with Crippen molar-refractivity contribution in [3.05, 3.63) is 81.7 Å². The maximum Gasteiger partial charge on any atom is 0.270 e. The van der Waals surface area contributed by atoms with Gasteiger partial charge in [-0.2, -0.15) is 0 Å². The molecule has 0 fully saturated rings. The fourth-order valence-electron chi connectivity index (χ4n) is 3.43. The number of aryl methyl sites for hydroxylation is 2. The van der Waals surface area contributed by atoms with Crippen molar-refractivity contribution in [3.63, 3.8) is 0 Å². The molecule has 0 saturated heterocycles. The minimum Gasteiger partial charge on any atom is -0.506 e. The van der Waals surface area contributed by atoms with Gasteiger partial charge in [0.05, 0.1) is 25.5 Å². The smallest absolute Gasteiger partial charge is 0.270 e. The van der Waals surface area contributed by atoms with E-state index in [4.69, 9.17) is 16.3 Å². The van der Waals surface area contributed by atoms with E-state index in [1.807, 2.05) is 37.3 Å². The molecule has 0 aliphatic heterocycles. The van der Waals surface area contributed by atoms with Crippen LogP contribution in [0, 0.1) is 13.8 Å². The third kappa shape index (κ3) is 5.27. The van der Waals surface area contributed by atoms with E-state index in [-0.39, 0.29) is 18.2 Å². The molecule has 174 valence electrons. The highest BCUT2D eigenvalue weighted by molar-refractivity contribution is 7.17. The topological polar surface area (TPSA) is 100 Å². The van der Waals surface area contributed by atoms with Crippen molar-refractivity contribution in [1.82, 2.24) is 15.0 Å². The molecule has 0 saturated carbocycles. The van der Waals surface area contributed by atoms with E-state index < -0.39 is 0 Å². The molecule has 0 radical (unpaired) electrons. The average Bonchev–Trinajstić information content (AvgIpc) is 3.26. The Morgan fingerprint density at radius 2 is 1.94 bits per heavy atom. The summed E-state index contributed by atoms with van der Waals surface area (Å²) < 4.78 is 5.23. The largest absolute Gasteiger partial charge is 0.506 e. The van der Waals surface area contributed by atoms with E-state index in [2.05, 4.69) is 20.3 Å².